The van der Waals surface area contributed by atoms with Crippen LogP contribution in [-0.4, -0.2) is 29.7 Å². The standard InChI is InChI=1S/C20H21N3O3/c1-4-11-23-16-8-6-5-7-15(16)22-19(23)13-21-20(24)14-9-10-17(25-2)18(12-14)26-3/h4-10,12H,1,11,13H2,2-3H3,(H,21,24). The molecule has 1 aromatic heterocycles. The number of fused-ring (bicyclic) bond motifs is 1. The molecular weight excluding hydrogens is 330 g/mol. The molecule has 0 spiro atoms. The van der Waals surface area contributed by atoms with E-state index in [9.17, 15) is 4.79 Å². The number of methoxy groups -OCH3 is 2. The van der Waals surface area contributed by atoms with Crippen molar-refractivity contribution in [1.82, 2.24) is 14.9 Å². The first-order chi connectivity index (χ1) is 12.7. The van der Waals surface area contributed by atoms with Crippen molar-refractivity contribution >= 4 is 16.9 Å². The number of allylic oxidation sites excluding steroid dienone is 1. The summed E-state index contributed by atoms with van der Waals surface area (Å²) in [5, 5.41) is 2.91. The Morgan fingerprint density at radius 1 is 1.19 bits per heavy atom. The van der Waals surface area contributed by atoms with Gasteiger partial charge in [-0.25, -0.2) is 4.98 Å². The van der Waals surface area contributed by atoms with Gasteiger partial charge in [0.1, 0.15) is 5.82 Å². The van der Waals surface area contributed by atoms with Gasteiger partial charge in [0, 0.05) is 12.1 Å². The molecule has 26 heavy (non-hydrogen) atoms. The third kappa shape index (κ3) is 3.39. The second kappa shape index (κ2) is 7.74. The Labute approximate surface area is 152 Å². The molecule has 6 nitrogen and oxygen atoms in total. The lowest BCUT2D eigenvalue weighted by Gasteiger charge is -2.11. The Hall–Kier alpha value is -3.28. The number of nitrogens with zero attached hydrogens (tertiary/aromatic N) is 2. The predicted molar refractivity (Wildman–Crippen MR) is 101 cm³/mol. The number of nitrogens with one attached hydrogen (secondary N) is 1. The van der Waals surface area contributed by atoms with Crippen molar-refractivity contribution in [3.8, 4) is 11.5 Å². The van der Waals surface area contributed by atoms with Gasteiger partial charge in [-0.3, -0.25) is 4.79 Å². The maximum atomic E-state index is 12.5. The van der Waals surface area contributed by atoms with Crippen LogP contribution in [0.2, 0.25) is 0 Å². The minimum atomic E-state index is -0.205. The molecule has 0 radical (unpaired) electrons. The van der Waals surface area contributed by atoms with E-state index >= 15 is 0 Å². The average molecular weight is 351 g/mol. The van der Waals surface area contributed by atoms with Gasteiger partial charge in [0.15, 0.2) is 11.5 Å². The van der Waals surface area contributed by atoms with E-state index < -0.39 is 0 Å². The van der Waals surface area contributed by atoms with Gasteiger partial charge in [-0.15, -0.1) is 6.58 Å². The van der Waals surface area contributed by atoms with Gasteiger partial charge in [0.2, 0.25) is 0 Å². The number of imidazole rings is 1. The maximum absolute atomic E-state index is 12.5. The topological polar surface area (TPSA) is 65.4 Å². The number of aromatic nitrogens is 2. The summed E-state index contributed by atoms with van der Waals surface area (Å²) in [5.74, 6) is 1.67. The molecule has 3 aromatic rings. The molecular formula is C20H21N3O3. The van der Waals surface area contributed by atoms with E-state index in [0.29, 0.717) is 30.2 Å². The Morgan fingerprint density at radius 2 is 1.96 bits per heavy atom. The maximum Gasteiger partial charge on any atom is 0.251 e. The van der Waals surface area contributed by atoms with E-state index in [2.05, 4.69) is 16.9 Å². The highest BCUT2D eigenvalue weighted by Crippen LogP contribution is 2.27. The number of para-hydroxylation sites is 2. The van der Waals surface area contributed by atoms with Crippen LogP contribution in [0.5, 0.6) is 11.5 Å². The van der Waals surface area contributed by atoms with Crippen LogP contribution in [0.15, 0.2) is 55.1 Å². The molecule has 0 aliphatic rings. The molecule has 0 atom stereocenters. The molecule has 134 valence electrons. The predicted octanol–water partition coefficient (Wildman–Crippen LogP) is 3.17. The van der Waals surface area contributed by atoms with Crippen molar-refractivity contribution in [2.75, 3.05) is 14.2 Å². The number of hydrogen-bond donors (Lipinski definition) is 1. The van der Waals surface area contributed by atoms with Gasteiger partial charge in [-0.05, 0) is 30.3 Å². The third-order valence-corrected chi connectivity index (χ3v) is 4.10. The summed E-state index contributed by atoms with van der Waals surface area (Å²) in [4.78, 5) is 17.1. The van der Waals surface area contributed by atoms with Crippen LogP contribution in [0.4, 0.5) is 0 Å². The highest BCUT2D eigenvalue weighted by atomic mass is 16.5. The van der Waals surface area contributed by atoms with Crippen LogP contribution in [0.1, 0.15) is 16.2 Å². The van der Waals surface area contributed by atoms with E-state index in [-0.39, 0.29) is 5.91 Å². The minimum Gasteiger partial charge on any atom is -0.493 e. The third-order valence-electron chi connectivity index (χ3n) is 4.10. The normalized spacial score (nSPS) is 10.5. The molecule has 0 aliphatic heterocycles. The number of amides is 1. The zero-order valence-corrected chi connectivity index (χ0v) is 14.9. The Kier molecular flexibility index (Phi) is 5.22. The fourth-order valence-corrected chi connectivity index (χ4v) is 2.83. The van der Waals surface area contributed by atoms with Crippen molar-refractivity contribution in [2.45, 2.75) is 13.1 Å². The van der Waals surface area contributed by atoms with Gasteiger partial charge in [-0.1, -0.05) is 18.2 Å². The number of hydrogen-bond acceptors (Lipinski definition) is 4. The molecule has 0 saturated carbocycles. The first kappa shape index (κ1) is 17.5. The van der Waals surface area contributed by atoms with E-state index in [0.717, 1.165) is 16.9 Å². The number of carbonyl (C=O) groups is 1. The van der Waals surface area contributed by atoms with Gasteiger partial charge >= 0.3 is 0 Å². The SMILES string of the molecule is C=CCn1c(CNC(=O)c2ccc(OC)c(OC)c2)nc2ccccc21. The molecule has 0 bridgehead atoms. The monoisotopic (exact) mass is 351 g/mol. The molecule has 0 fully saturated rings. The lowest BCUT2D eigenvalue weighted by Crippen LogP contribution is -2.24. The summed E-state index contributed by atoms with van der Waals surface area (Å²) in [6, 6.07) is 12.9. The molecule has 0 unspecified atom stereocenters. The fourth-order valence-electron chi connectivity index (χ4n) is 2.83. The molecule has 0 aliphatic carbocycles. The summed E-state index contributed by atoms with van der Waals surface area (Å²) in [6.45, 7) is 4.74. The highest BCUT2D eigenvalue weighted by Gasteiger charge is 2.13. The molecule has 2 aromatic carbocycles. The average Bonchev–Trinajstić information content (AvgIpc) is 3.03. The van der Waals surface area contributed by atoms with Crippen LogP contribution in [0, 0.1) is 0 Å². The van der Waals surface area contributed by atoms with Crippen molar-refractivity contribution in [3.05, 3.63) is 66.5 Å². The fraction of sp³-hybridized carbons (Fsp3) is 0.200. The largest absolute Gasteiger partial charge is 0.493 e. The first-order valence-corrected chi connectivity index (χ1v) is 8.23. The molecule has 3 rings (SSSR count). The van der Waals surface area contributed by atoms with Crippen LogP contribution >= 0.6 is 0 Å². The van der Waals surface area contributed by atoms with Crippen LogP contribution in [-0.2, 0) is 13.1 Å². The molecule has 1 heterocycles. The summed E-state index contributed by atoms with van der Waals surface area (Å²) < 4.78 is 12.5. The van der Waals surface area contributed by atoms with E-state index in [1.54, 1.807) is 25.3 Å². The zero-order valence-electron chi connectivity index (χ0n) is 14.9. The van der Waals surface area contributed by atoms with Crippen molar-refractivity contribution in [2.24, 2.45) is 0 Å². The van der Waals surface area contributed by atoms with Crippen molar-refractivity contribution in [1.29, 1.82) is 0 Å². The van der Waals surface area contributed by atoms with Gasteiger partial charge < -0.3 is 19.4 Å². The minimum absolute atomic E-state index is 0.205. The van der Waals surface area contributed by atoms with E-state index in [1.165, 1.54) is 7.11 Å². The molecule has 0 saturated heterocycles. The molecule has 1 N–H and O–H groups in total. The van der Waals surface area contributed by atoms with Gasteiger partial charge in [0.05, 0.1) is 31.8 Å². The lowest BCUT2D eigenvalue weighted by molar-refractivity contribution is 0.0949. The zero-order chi connectivity index (χ0) is 18.5. The number of benzene rings is 2. The highest BCUT2D eigenvalue weighted by molar-refractivity contribution is 5.94. The van der Waals surface area contributed by atoms with E-state index in [1.807, 2.05) is 34.9 Å². The second-order valence-corrected chi connectivity index (χ2v) is 5.67. The number of ether oxygens (including phenoxy) is 2. The summed E-state index contributed by atoms with van der Waals surface area (Å²) >= 11 is 0. The van der Waals surface area contributed by atoms with Crippen molar-refractivity contribution in [3.63, 3.8) is 0 Å². The van der Waals surface area contributed by atoms with Gasteiger partial charge in [0.25, 0.3) is 5.91 Å². The smallest absolute Gasteiger partial charge is 0.251 e. The number of carbonyl (C=O) groups excluding carboxylic acids is 1. The Balaban J connectivity index is 1.80. The quantitative estimate of drug-likeness (QED) is 0.664. The molecule has 6 heteroatoms. The molecule has 1 amide bonds. The lowest BCUT2D eigenvalue weighted by atomic mass is 10.2. The van der Waals surface area contributed by atoms with Crippen LogP contribution < -0.4 is 14.8 Å². The second-order valence-electron chi connectivity index (χ2n) is 5.67. The van der Waals surface area contributed by atoms with E-state index in [4.69, 9.17) is 9.47 Å². The van der Waals surface area contributed by atoms with Crippen LogP contribution in [0.25, 0.3) is 11.0 Å². The Bertz CT molecular complexity index is 947. The summed E-state index contributed by atoms with van der Waals surface area (Å²) in [6.07, 6.45) is 1.81. The van der Waals surface area contributed by atoms with Crippen molar-refractivity contribution < 1.29 is 14.3 Å². The first-order valence-electron chi connectivity index (χ1n) is 8.23. The summed E-state index contributed by atoms with van der Waals surface area (Å²) in [5.41, 5.74) is 2.40. The Morgan fingerprint density at radius 3 is 2.69 bits per heavy atom. The van der Waals surface area contributed by atoms with Gasteiger partial charge in [-0.2, -0.15) is 0 Å². The van der Waals surface area contributed by atoms with Crippen LogP contribution in [0.3, 0.4) is 0 Å². The number of rotatable bonds is 7. The summed E-state index contributed by atoms with van der Waals surface area (Å²) in [7, 11) is 3.10.